The fraction of sp³-hybridized carbons (Fsp3) is 0.727. The minimum absolute atomic E-state index is 0.0259. The maximum Gasteiger partial charge on any atom is 0.309 e. The summed E-state index contributed by atoms with van der Waals surface area (Å²) in [6.07, 6.45) is 1.88. The first kappa shape index (κ1) is 11.2. The molecule has 1 fully saturated rings. The second-order valence-corrected chi connectivity index (χ2v) is 4.32. The molecule has 0 spiro atoms. The Kier molecular flexibility index (Phi) is 3.00. The summed E-state index contributed by atoms with van der Waals surface area (Å²) >= 11 is 0. The summed E-state index contributed by atoms with van der Waals surface area (Å²) in [5.41, 5.74) is 0.864. The van der Waals surface area contributed by atoms with Crippen LogP contribution in [0.5, 0.6) is 0 Å². The maximum absolute atomic E-state index is 11.4. The summed E-state index contributed by atoms with van der Waals surface area (Å²) in [5, 5.41) is 9.12. The Bertz CT molecular complexity index is 266. The molecular formula is C11H18O3. The van der Waals surface area contributed by atoms with E-state index in [1.807, 2.05) is 26.8 Å². The molecular weight excluding hydrogens is 180 g/mol. The van der Waals surface area contributed by atoms with Crippen LogP contribution in [0.1, 0.15) is 20.8 Å². The van der Waals surface area contributed by atoms with Crippen LogP contribution >= 0.6 is 0 Å². The predicted octanol–water partition coefficient (Wildman–Crippen LogP) is 1.37. The van der Waals surface area contributed by atoms with E-state index >= 15 is 0 Å². The van der Waals surface area contributed by atoms with E-state index in [4.69, 9.17) is 9.84 Å². The molecule has 3 nitrogen and oxygen atoms in total. The molecule has 1 N–H and O–H groups in total. The summed E-state index contributed by atoms with van der Waals surface area (Å²) in [5.74, 6) is -0.122. The number of aliphatic hydroxyl groups excluding tert-OH is 1. The van der Waals surface area contributed by atoms with Crippen LogP contribution in [0.25, 0.3) is 0 Å². The van der Waals surface area contributed by atoms with Gasteiger partial charge in [-0.15, -0.1) is 0 Å². The van der Waals surface area contributed by atoms with E-state index in [9.17, 15) is 4.79 Å². The number of ether oxygens (including phenoxy) is 1. The van der Waals surface area contributed by atoms with Gasteiger partial charge in [-0.1, -0.05) is 19.9 Å². The number of aliphatic hydroxyl groups is 1. The zero-order valence-corrected chi connectivity index (χ0v) is 9.20. The van der Waals surface area contributed by atoms with Crippen molar-refractivity contribution in [1.29, 1.82) is 0 Å². The summed E-state index contributed by atoms with van der Waals surface area (Å²) < 4.78 is 4.73. The van der Waals surface area contributed by atoms with Crippen molar-refractivity contribution in [2.24, 2.45) is 17.3 Å². The van der Waals surface area contributed by atoms with E-state index in [2.05, 4.69) is 0 Å². The minimum Gasteiger partial charge on any atom is -0.469 e. The third-order valence-electron chi connectivity index (χ3n) is 3.24. The fourth-order valence-corrected chi connectivity index (χ4v) is 2.27. The first-order valence-electron chi connectivity index (χ1n) is 4.84. The van der Waals surface area contributed by atoms with Crippen molar-refractivity contribution >= 4 is 5.97 Å². The summed E-state index contributed by atoms with van der Waals surface area (Å²) in [4.78, 5) is 11.4. The van der Waals surface area contributed by atoms with Crippen molar-refractivity contribution in [3.8, 4) is 0 Å². The Balaban J connectivity index is 2.80. The van der Waals surface area contributed by atoms with Crippen LogP contribution in [0, 0.1) is 17.3 Å². The van der Waals surface area contributed by atoms with Gasteiger partial charge in [-0.3, -0.25) is 4.79 Å². The second-order valence-electron chi connectivity index (χ2n) is 4.32. The molecule has 1 saturated carbocycles. The molecule has 2 unspecified atom stereocenters. The highest BCUT2D eigenvalue weighted by molar-refractivity contribution is 5.78. The van der Waals surface area contributed by atoms with Gasteiger partial charge < -0.3 is 9.84 Å². The van der Waals surface area contributed by atoms with E-state index in [1.54, 1.807) is 0 Å². The average Bonchev–Trinajstić information content (AvgIpc) is 2.71. The molecule has 1 rings (SSSR count). The fourth-order valence-electron chi connectivity index (χ4n) is 2.27. The molecule has 3 heteroatoms. The van der Waals surface area contributed by atoms with E-state index in [0.717, 1.165) is 5.57 Å². The van der Waals surface area contributed by atoms with Crippen LogP contribution in [0.15, 0.2) is 11.6 Å². The summed E-state index contributed by atoms with van der Waals surface area (Å²) in [6, 6.07) is 0. The molecule has 0 radical (unpaired) electrons. The number of carbonyl (C=O) groups is 1. The standard InChI is InChI=1S/C11H18O3/c1-5-7(6-12)8-9(10(13)14-4)11(8,2)3/h5,8-9,12H,6H2,1-4H3/b7-5-. The lowest BCUT2D eigenvalue weighted by Crippen LogP contribution is -2.07. The first-order valence-corrected chi connectivity index (χ1v) is 4.84. The zero-order chi connectivity index (χ0) is 10.9. The maximum atomic E-state index is 11.4. The van der Waals surface area contributed by atoms with Crippen LogP contribution in [0.2, 0.25) is 0 Å². The number of carbonyl (C=O) groups excluding carboxylic acids is 1. The number of hydrogen-bond acceptors (Lipinski definition) is 3. The van der Waals surface area contributed by atoms with Gasteiger partial charge in [0.05, 0.1) is 19.6 Å². The van der Waals surface area contributed by atoms with Crippen LogP contribution in [-0.4, -0.2) is 24.8 Å². The Hall–Kier alpha value is -0.830. The van der Waals surface area contributed by atoms with E-state index in [0.29, 0.717) is 0 Å². The van der Waals surface area contributed by atoms with Gasteiger partial charge in [0.1, 0.15) is 0 Å². The van der Waals surface area contributed by atoms with Crippen LogP contribution in [0.4, 0.5) is 0 Å². The molecule has 0 aromatic carbocycles. The first-order chi connectivity index (χ1) is 6.50. The summed E-state index contributed by atoms with van der Waals surface area (Å²) in [7, 11) is 1.40. The molecule has 80 valence electrons. The number of hydrogen-bond donors (Lipinski definition) is 1. The van der Waals surface area contributed by atoms with Crippen LogP contribution in [-0.2, 0) is 9.53 Å². The SMILES string of the molecule is C/C=C(/CO)C1C(C(=O)OC)C1(C)C. The third kappa shape index (κ3) is 1.57. The van der Waals surface area contributed by atoms with Gasteiger partial charge in [0.15, 0.2) is 0 Å². The van der Waals surface area contributed by atoms with Crippen molar-refractivity contribution in [2.75, 3.05) is 13.7 Å². The second kappa shape index (κ2) is 3.73. The van der Waals surface area contributed by atoms with Gasteiger partial charge >= 0.3 is 5.97 Å². The molecule has 0 amide bonds. The highest BCUT2D eigenvalue weighted by Gasteiger charge is 2.63. The van der Waals surface area contributed by atoms with Gasteiger partial charge in [0.25, 0.3) is 0 Å². The Morgan fingerprint density at radius 2 is 2.07 bits per heavy atom. The van der Waals surface area contributed by atoms with Crippen molar-refractivity contribution in [3.63, 3.8) is 0 Å². The molecule has 0 heterocycles. The van der Waals surface area contributed by atoms with Crippen molar-refractivity contribution in [2.45, 2.75) is 20.8 Å². The molecule has 14 heavy (non-hydrogen) atoms. The quantitative estimate of drug-likeness (QED) is 0.550. The van der Waals surface area contributed by atoms with E-state index in [-0.39, 0.29) is 29.8 Å². The monoisotopic (exact) mass is 198 g/mol. The average molecular weight is 198 g/mol. The molecule has 2 atom stereocenters. The molecule has 0 aromatic heterocycles. The van der Waals surface area contributed by atoms with Gasteiger partial charge in [-0.05, 0) is 17.9 Å². The lowest BCUT2D eigenvalue weighted by atomic mass is 10.0. The van der Waals surface area contributed by atoms with Crippen LogP contribution in [0.3, 0.4) is 0 Å². The van der Waals surface area contributed by atoms with Crippen molar-refractivity contribution in [1.82, 2.24) is 0 Å². The molecule has 0 bridgehead atoms. The topological polar surface area (TPSA) is 46.5 Å². The zero-order valence-electron chi connectivity index (χ0n) is 9.20. The minimum atomic E-state index is -0.173. The molecule has 0 aliphatic heterocycles. The highest BCUT2D eigenvalue weighted by atomic mass is 16.5. The molecule has 1 aliphatic rings. The number of esters is 1. The number of allylic oxidation sites excluding steroid dienone is 1. The van der Waals surface area contributed by atoms with Crippen molar-refractivity contribution in [3.05, 3.63) is 11.6 Å². The molecule has 1 aliphatic carbocycles. The predicted molar refractivity (Wildman–Crippen MR) is 53.6 cm³/mol. The van der Waals surface area contributed by atoms with E-state index in [1.165, 1.54) is 7.11 Å². The molecule has 0 saturated heterocycles. The Labute approximate surface area is 84.8 Å². The Morgan fingerprint density at radius 1 is 1.50 bits per heavy atom. The molecule has 0 aromatic rings. The van der Waals surface area contributed by atoms with E-state index < -0.39 is 0 Å². The summed E-state index contributed by atoms with van der Waals surface area (Å²) in [6.45, 7) is 5.96. The highest BCUT2D eigenvalue weighted by Crippen LogP contribution is 2.61. The van der Waals surface area contributed by atoms with Crippen LogP contribution < -0.4 is 0 Å². The van der Waals surface area contributed by atoms with Gasteiger partial charge in [0, 0.05) is 5.92 Å². The van der Waals surface area contributed by atoms with Gasteiger partial charge in [0.2, 0.25) is 0 Å². The Morgan fingerprint density at radius 3 is 2.43 bits per heavy atom. The normalized spacial score (nSPS) is 29.9. The van der Waals surface area contributed by atoms with Crippen molar-refractivity contribution < 1.29 is 14.6 Å². The number of methoxy groups -OCH3 is 1. The number of rotatable bonds is 3. The largest absolute Gasteiger partial charge is 0.469 e. The van der Waals surface area contributed by atoms with Gasteiger partial charge in [-0.2, -0.15) is 0 Å². The third-order valence-corrected chi connectivity index (χ3v) is 3.24. The van der Waals surface area contributed by atoms with Gasteiger partial charge in [-0.25, -0.2) is 0 Å². The smallest absolute Gasteiger partial charge is 0.309 e. The lowest BCUT2D eigenvalue weighted by molar-refractivity contribution is -0.143. The lowest BCUT2D eigenvalue weighted by Gasteiger charge is -2.03.